The highest BCUT2D eigenvalue weighted by Gasteiger charge is 2.16. The molecule has 0 aliphatic rings. The SMILES string of the molecule is CCCCCn1cnc2c(NCc3cc(I)ccc3O)nc(NCCC(C)(C)O)nc21. The maximum Gasteiger partial charge on any atom is 0.226 e. The molecule has 9 heteroatoms. The van der Waals surface area contributed by atoms with Crippen molar-refractivity contribution in [2.24, 2.45) is 0 Å². The minimum atomic E-state index is -0.762. The molecule has 0 saturated heterocycles. The molecule has 0 aliphatic heterocycles. The summed E-state index contributed by atoms with van der Waals surface area (Å²) in [7, 11) is 0. The van der Waals surface area contributed by atoms with Gasteiger partial charge in [0.15, 0.2) is 17.0 Å². The molecule has 0 unspecified atom stereocenters. The highest BCUT2D eigenvalue weighted by molar-refractivity contribution is 14.1. The Balaban J connectivity index is 1.86. The largest absolute Gasteiger partial charge is 0.508 e. The number of nitrogens with one attached hydrogen (secondary N) is 2. The Morgan fingerprint density at radius 3 is 2.71 bits per heavy atom. The summed E-state index contributed by atoms with van der Waals surface area (Å²) >= 11 is 2.23. The van der Waals surface area contributed by atoms with Crippen LogP contribution in [0.3, 0.4) is 0 Å². The number of aryl methyl sites for hydroxylation is 1. The molecule has 2 aromatic heterocycles. The molecule has 8 nitrogen and oxygen atoms in total. The van der Waals surface area contributed by atoms with Crippen molar-refractivity contribution in [3.63, 3.8) is 0 Å². The van der Waals surface area contributed by atoms with Crippen molar-refractivity contribution in [1.29, 1.82) is 0 Å². The summed E-state index contributed by atoms with van der Waals surface area (Å²) in [5.41, 5.74) is 1.50. The van der Waals surface area contributed by atoms with Crippen LogP contribution in [0.1, 0.15) is 52.0 Å². The lowest BCUT2D eigenvalue weighted by Gasteiger charge is -2.17. The Morgan fingerprint density at radius 1 is 1.16 bits per heavy atom. The summed E-state index contributed by atoms with van der Waals surface area (Å²) in [5, 5.41) is 26.7. The van der Waals surface area contributed by atoms with E-state index >= 15 is 0 Å². The van der Waals surface area contributed by atoms with Gasteiger partial charge < -0.3 is 25.4 Å². The van der Waals surface area contributed by atoms with E-state index in [0.29, 0.717) is 36.8 Å². The van der Waals surface area contributed by atoms with Gasteiger partial charge in [-0.15, -0.1) is 0 Å². The fourth-order valence-electron chi connectivity index (χ4n) is 3.20. The van der Waals surface area contributed by atoms with Crippen LogP contribution in [0.15, 0.2) is 24.5 Å². The number of imidazole rings is 1. The molecule has 4 N–H and O–H groups in total. The normalized spacial score (nSPS) is 11.8. The molecule has 0 atom stereocenters. The summed E-state index contributed by atoms with van der Waals surface area (Å²) in [6.07, 6.45) is 5.75. The predicted molar refractivity (Wildman–Crippen MR) is 132 cm³/mol. The molecule has 168 valence electrons. The molecular weight excluding hydrogens is 507 g/mol. The molecule has 0 bridgehead atoms. The molecule has 0 spiro atoms. The second-order valence-corrected chi connectivity index (χ2v) is 9.57. The maximum atomic E-state index is 10.2. The molecule has 0 fully saturated rings. The molecule has 0 aliphatic carbocycles. The van der Waals surface area contributed by atoms with E-state index in [1.165, 1.54) is 0 Å². The highest BCUT2D eigenvalue weighted by Crippen LogP contribution is 2.25. The lowest BCUT2D eigenvalue weighted by atomic mass is 10.1. The summed E-state index contributed by atoms with van der Waals surface area (Å²) in [6.45, 7) is 7.56. The van der Waals surface area contributed by atoms with Gasteiger partial charge in [-0.3, -0.25) is 0 Å². The van der Waals surface area contributed by atoms with E-state index in [4.69, 9.17) is 0 Å². The third kappa shape index (κ3) is 6.67. The van der Waals surface area contributed by atoms with Crippen LogP contribution in [0.5, 0.6) is 5.75 Å². The number of anilines is 2. The van der Waals surface area contributed by atoms with Gasteiger partial charge in [-0.2, -0.15) is 9.97 Å². The van der Waals surface area contributed by atoms with Gasteiger partial charge in [0, 0.05) is 28.8 Å². The Labute approximate surface area is 196 Å². The van der Waals surface area contributed by atoms with Crippen molar-refractivity contribution in [2.75, 3.05) is 17.2 Å². The van der Waals surface area contributed by atoms with Gasteiger partial charge in [-0.25, -0.2) is 4.98 Å². The summed E-state index contributed by atoms with van der Waals surface area (Å²) < 4.78 is 3.11. The monoisotopic (exact) mass is 538 g/mol. The number of benzene rings is 1. The van der Waals surface area contributed by atoms with Crippen molar-refractivity contribution in [3.05, 3.63) is 33.7 Å². The first kappa shape index (κ1) is 23.5. The standard InChI is InChI=1S/C22H31IN6O2/c1-4-5-6-11-29-14-26-18-19(25-13-15-12-16(23)7-8-17(15)30)27-21(28-20(18)29)24-10-9-22(2,3)31/h7-8,12,14,30-31H,4-6,9-11,13H2,1-3H3,(H2,24,25,27,28). The number of hydrogen-bond acceptors (Lipinski definition) is 7. The number of halogens is 1. The van der Waals surface area contributed by atoms with Crippen LogP contribution in [0.2, 0.25) is 0 Å². The zero-order valence-electron chi connectivity index (χ0n) is 18.3. The summed E-state index contributed by atoms with van der Waals surface area (Å²) in [6, 6.07) is 5.50. The zero-order valence-corrected chi connectivity index (χ0v) is 20.5. The topological polar surface area (TPSA) is 108 Å². The molecule has 0 amide bonds. The van der Waals surface area contributed by atoms with Crippen LogP contribution in [0.4, 0.5) is 11.8 Å². The van der Waals surface area contributed by atoms with Crippen molar-refractivity contribution < 1.29 is 10.2 Å². The molecular formula is C22H31IN6O2. The molecule has 1 aromatic carbocycles. The number of aromatic hydroxyl groups is 1. The Hall–Kier alpha value is -2.14. The molecule has 3 rings (SSSR count). The first-order valence-corrected chi connectivity index (χ1v) is 11.7. The molecule has 31 heavy (non-hydrogen) atoms. The van der Waals surface area contributed by atoms with Crippen LogP contribution < -0.4 is 10.6 Å². The van der Waals surface area contributed by atoms with Gasteiger partial charge in [0.1, 0.15) is 5.75 Å². The Kier molecular flexibility index (Phi) is 7.93. The van der Waals surface area contributed by atoms with E-state index in [1.807, 2.05) is 18.5 Å². The van der Waals surface area contributed by atoms with E-state index in [0.717, 1.165) is 40.6 Å². The van der Waals surface area contributed by atoms with Crippen LogP contribution in [-0.2, 0) is 13.1 Å². The van der Waals surface area contributed by atoms with Crippen LogP contribution in [0, 0.1) is 3.57 Å². The molecule has 0 radical (unpaired) electrons. The van der Waals surface area contributed by atoms with Crippen molar-refractivity contribution in [2.45, 2.75) is 65.1 Å². The van der Waals surface area contributed by atoms with Gasteiger partial charge in [0.25, 0.3) is 0 Å². The van der Waals surface area contributed by atoms with Crippen LogP contribution in [0.25, 0.3) is 11.2 Å². The van der Waals surface area contributed by atoms with Crippen LogP contribution in [-0.4, -0.2) is 41.9 Å². The van der Waals surface area contributed by atoms with Gasteiger partial charge in [-0.05, 0) is 67.5 Å². The van der Waals surface area contributed by atoms with Crippen molar-refractivity contribution >= 4 is 45.5 Å². The lowest BCUT2D eigenvalue weighted by molar-refractivity contribution is 0.0748. The minimum Gasteiger partial charge on any atom is -0.508 e. The number of nitrogens with zero attached hydrogens (tertiary/aromatic N) is 4. The van der Waals surface area contributed by atoms with Gasteiger partial charge in [0.05, 0.1) is 11.9 Å². The lowest BCUT2D eigenvalue weighted by Crippen LogP contribution is -2.23. The number of phenolic OH excluding ortho intramolecular Hbond substituents is 1. The fourth-order valence-corrected chi connectivity index (χ4v) is 3.75. The smallest absolute Gasteiger partial charge is 0.226 e. The van der Waals surface area contributed by atoms with E-state index in [1.54, 1.807) is 19.9 Å². The number of hydrogen-bond donors (Lipinski definition) is 4. The second-order valence-electron chi connectivity index (χ2n) is 8.33. The predicted octanol–water partition coefficient (Wildman–Crippen LogP) is 4.51. The second kappa shape index (κ2) is 10.4. The van der Waals surface area contributed by atoms with Gasteiger partial charge in [-0.1, -0.05) is 19.8 Å². The Bertz CT molecular complexity index is 1020. The third-order valence-electron chi connectivity index (χ3n) is 4.97. The van der Waals surface area contributed by atoms with Crippen LogP contribution >= 0.6 is 22.6 Å². The quantitative estimate of drug-likeness (QED) is 0.210. The fraction of sp³-hybridized carbons (Fsp3) is 0.500. The maximum absolute atomic E-state index is 10.2. The highest BCUT2D eigenvalue weighted by atomic mass is 127. The molecule has 2 heterocycles. The van der Waals surface area contributed by atoms with E-state index < -0.39 is 5.60 Å². The first-order chi connectivity index (χ1) is 14.8. The number of fused-ring (bicyclic) bond motifs is 1. The zero-order chi connectivity index (χ0) is 22.4. The molecule has 0 saturated carbocycles. The number of aromatic nitrogens is 4. The van der Waals surface area contributed by atoms with Gasteiger partial charge >= 0.3 is 0 Å². The average molecular weight is 538 g/mol. The number of rotatable bonds is 11. The summed E-state index contributed by atoms with van der Waals surface area (Å²) in [4.78, 5) is 13.9. The van der Waals surface area contributed by atoms with E-state index in [2.05, 4.69) is 59.7 Å². The van der Waals surface area contributed by atoms with Gasteiger partial charge in [0.2, 0.25) is 5.95 Å². The number of aliphatic hydroxyl groups is 1. The van der Waals surface area contributed by atoms with E-state index in [-0.39, 0.29) is 5.75 Å². The van der Waals surface area contributed by atoms with Crippen molar-refractivity contribution in [1.82, 2.24) is 19.5 Å². The Morgan fingerprint density at radius 2 is 1.97 bits per heavy atom. The molecule has 3 aromatic rings. The summed E-state index contributed by atoms with van der Waals surface area (Å²) in [5.74, 6) is 1.35. The minimum absolute atomic E-state index is 0.242. The number of phenols is 1. The van der Waals surface area contributed by atoms with E-state index in [9.17, 15) is 10.2 Å². The third-order valence-corrected chi connectivity index (χ3v) is 5.65. The number of unbranched alkanes of at least 4 members (excludes halogenated alkanes) is 2. The van der Waals surface area contributed by atoms with Crippen molar-refractivity contribution in [3.8, 4) is 5.75 Å². The first-order valence-electron chi connectivity index (χ1n) is 10.7. The average Bonchev–Trinajstić information content (AvgIpc) is 3.11.